The van der Waals surface area contributed by atoms with Crippen molar-refractivity contribution in [2.45, 2.75) is 38.8 Å². The summed E-state index contributed by atoms with van der Waals surface area (Å²) in [5.41, 5.74) is -0.0728. The van der Waals surface area contributed by atoms with Crippen LogP contribution < -0.4 is 4.90 Å². The molecular formula is C12H15N3O4. The second kappa shape index (κ2) is 4.49. The van der Waals surface area contributed by atoms with E-state index in [0.29, 0.717) is 11.4 Å². The molecule has 1 N–H and O–H groups in total. The van der Waals surface area contributed by atoms with E-state index in [1.54, 1.807) is 20.8 Å². The van der Waals surface area contributed by atoms with Crippen LogP contribution in [0, 0.1) is 0 Å². The zero-order chi connectivity index (χ0) is 14.2. The predicted octanol–water partition coefficient (Wildman–Crippen LogP) is 1.23. The highest BCUT2D eigenvalue weighted by molar-refractivity contribution is 5.97. The zero-order valence-electron chi connectivity index (χ0n) is 11.0. The molecule has 7 nitrogen and oxygen atoms in total. The Bertz CT molecular complexity index is 524. The Morgan fingerprint density at radius 1 is 1.47 bits per heavy atom. The second-order valence-corrected chi connectivity index (χ2v) is 5.28. The van der Waals surface area contributed by atoms with Crippen LogP contribution in [0.3, 0.4) is 0 Å². The lowest BCUT2D eigenvalue weighted by atomic mass is 10.2. The van der Waals surface area contributed by atoms with E-state index in [1.165, 1.54) is 12.5 Å². The SMILES string of the molecule is CC(C)(C)OC(=O)N1c2ncncc2CC1C(=O)O. The van der Waals surface area contributed by atoms with Crippen molar-refractivity contribution >= 4 is 17.9 Å². The van der Waals surface area contributed by atoms with E-state index >= 15 is 0 Å². The molecule has 0 saturated heterocycles. The van der Waals surface area contributed by atoms with Crippen LogP contribution in [0.1, 0.15) is 26.3 Å². The molecule has 102 valence electrons. The van der Waals surface area contributed by atoms with E-state index in [4.69, 9.17) is 4.74 Å². The van der Waals surface area contributed by atoms with Crippen LogP contribution in [0.25, 0.3) is 0 Å². The largest absolute Gasteiger partial charge is 0.480 e. The first-order valence-corrected chi connectivity index (χ1v) is 5.83. The molecule has 0 spiro atoms. The average molecular weight is 265 g/mol. The van der Waals surface area contributed by atoms with Gasteiger partial charge in [0.1, 0.15) is 23.8 Å². The number of nitrogens with zero attached hydrogens (tertiary/aromatic N) is 3. The zero-order valence-corrected chi connectivity index (χ0v) is 11.0. The fourth-order valence-corrected chi connectivity index (χ4v) is 1.88. The van der Waals surface area contributed by atoms with Crippen LogP contribution in [0.15, 0.2) is 12.5 Å². The summed E-state index contributed by atoms with van der Waals surface area (Å²) >= 11 is 0. The van der Waals surface area contributed by atoms with Gasteiger partial charge in [-0.1, -0.05) is 0 Å². The average Bonchev–Trinajstić information content (AvgIpc) is 2.65. The lowest BCUT2D eigenvalue weighted by Crippen LogP contribution is -2.45. The van der Waals surface area contributed by atoms with Crippen molar-refractivity contribution in [1.82, 2.24) is 9.97 Å². The molecule has 1 aromatic rings. The number of aliphatic carboxylic acids is 1. The van der Waals surface area contributed by atoms with Gasteiger partial charge in [-0.15, -0.1) is 0 Å². The number of carboxylic acid groups (broad SMARTS) is 1. The lowest BCUT2D eigenvalue weighted by Gasteiger charge is -2.26. The van der Waals surface area contributed by atoms with Gasteiger partial charge in [0.2, 0.25) is 0 Å². The second-order valence-electron chi connectivity index (χ2n) is 5.28. The quantitative estimate of drug-likeness (QED) is 0.820. The van der Waals surface area contributed by atoms with Gasteiger partial charge in [-0.25, -0.2) is 24.5 Å². The first-order valence-electron chi connectivity index (χ1n) is 5.83. The van der Waals surface area contributed by atoms with Crippen molar-refractivity contribution in [2.24, 2.45) is 0 Å². The molecular weight excluding hydrogens is 250 g/mol. The topological polar surface area (TPSA) is 92.6 Å². The summed E-state index contributed by atoms with van der Waals surface area (Å²) in [4.78, 5) is 32.3. The fourth-order valence-electron chi connectivity index (χ4n) is 1.88. The fraction of sp³-hybridized carbons (Fsp3) is 0.500. The van der Waals surface area contributed by atoms with E-state index in [0.717, 1.165) is 4.90 Å². The van der Waals surface area contributed by atoms with Crippen molar-refractivity contribution < 1.29 is 19.4 Å². The smallest absolute Gasteiger partial charge is 0.416 e. The van der Waals surface area contributed by atoms with Gasteiger partial charge in [-0.05, 0) is 20.8 Å². The molecule has 1 amide bonds. The molecule has 1 aliphatic rings. The van der Waals surface area contributed by atoms with Gasteiger partial charge in [-0.2, -0.15) is 0 Å². The Morgan fingerprint density at radius 3 is 2.74 bits per heavy atom. The number of fused-ring (bicyclic) bond motifs is 1. The monoisotopic (exact) mass is 265 g/mol. The van der Waals surface area contributed by atoms with Gasteiger partial charge in [-0.3, -0.25) is 0 Å². The van der Waals surface area contributed by atoms with Crippen molar-refractivity contribution in [1.29, 1.82) is 0 Å². The van der Waals surface area contributed by atoms with Gasteiger partial charge in [0.15, 0.2) is 0 Å². The Hall–Kier alpha value is -2.18. The number of anilines is 1. The molecule has 2 heterocycles. The number of ether oxygens (including phenoxy) is 1. The van der Waals surface area contributed by atoms with Crippen molar-refractivity contribution in [2.75, 3.05) is 4.90 Å². The van der Waals surface area contributed by atoms with E-state index in [9.17, 15) is 14.7 Å². The van der Waals surface area contributed by atoms with Gasteiger partial charge >= 0.3 is 12.1 Å². The third-order valence-corrected chi connectivity index (χ3v) is 2.59. The maximum Gasteiger partial charge on any atom is 0.416 e. The number of rotatable bonds is 1. The summed E-state index contributed by atoms with van der Waals surface area (Å²) in [7, 11) is 0. The Kier molecular flexibility index (Phi) is 3.13. The minimum absolute atomic E-state index is 0.185. The molecule has 7 heteroatoms. The Balaban J connectivity index is 2.34. The number of carbonyl (C=O) groups excluding carboxylic acids is 1. The Labute approximate surface area is 110 Å². The highest BCUT2D eigenvalue weighted by atomic mass is 16.6. The molecule has 1 aliphatic heterocycles. The van der Waals surface area contributed by atoms with Crippen molar-refractivity contribution in [3.05, 3.63) is 18.1 Å². The maximum atomic E-state index is 12.1. The van der Waals surface area contributed by atoms with Crippen LogP contribution in [0.5, 0.6) is 0 Å². The van der Waals surface area contributed by atoms with Crippen LogP contribution in [-0.4, -0.2) is 38.8 Å². The van der Waals surface area contributed by atoms with Crippen molar-refractivity contribution in [3.63, 3.8) is 0 Å². The summed E-state index contributed by atoms with van der Waals surface area (Å²) in [6.45, 7) is 5.16. The molecule has 1 aromatic heterocycles. The lowest BCUT2D eigenvalue weighted by molar-refractivity contribution is -0.138. The molecule has 1 atom stereocenters. The van der Waals surface area contributed by atoms with Crippen LogP contribution >= 0.6 is 0 Å². The predicted molar refractivity (Wildman–Crippen MR) is 65.9 cm³/mol. The normalized spacial score (nSPS) is 18.1. The highest BCUT2D eigenvalue weighted by Crippen LogP contribution is 2.30. The summed E-state index contributed by atoms with van der Waals surface area (Å²) in [5.74, 6) is -0.791. The number of carboxylic acids is 1. The van der Waals surface area contributed by atoms with E-state index in [2.05, 4.69) is 9.97 Å². The molecule has 0 aliphatic carbocycles. The number of amides is 1. The number of hydrogen-bond acceptors (Lipinski definition) is 5. The number of carbonyl (C=O) groups is 2. The number of hydrogen-bond donors (Lipinski definition) is 1. The first-order chi connectivity index (χ1) is 8.79. The minimum atomic E-state index is -1.09. The highest BCUT2D eigenvalue weighted by Gasteiger charge is 2.41. The van der Waals surface area contributed by atoms with Crippen LogP contribution in [0.2, 0.25) is 0 Å². The van der Waals surface area contributed by atoms with Gasteiger partial charge < -0.3 is 9.84 Å². The molecule has 0 aromatic carbocycles. The standard InChI is InChI=1S/C12H15N3O4/c1-12(2,3)19-11(18)15-8(10(16)17)4-7-5-13-6-14-9(7)15/h5-6,8H,4H2,1-3H3,(H,16,17). The minimum Gasteiger partial charge on any atom is -0.480 e. The number of aromatic nitrogens is 2. The molecule has 0 fully saturated rings. The molecule has 0 radical (unpaired) electrons. The van der Waals surface area contributed by atoms with Crippen LogP contribution in [-0.2, 0) is 16.0 Å². The van der Waals surface area contributed by atoms with Gasteiger partial charge in [0.25, 0.3) is 0 Å². The third-order valence-electron chi connectivity index (χ3n) is 2.59. The molecule has 1 unspecified atom stereocenters. The summed E-state index contributed by atoms with van der Waals surface area (Å²) < 4.78 is 5.22. The third kappa shape index (κ3) is 2.64. The van der Waals surface area contributed by atoms with E-state index < -0.39 is 23.7 Å². The summed E-state index contributed by atoms with van der Waals surface area (Å²) in [6.07, 6.45) is 2.27. The molecule has 0 saturated carbocycles. The molecule has 2 rings (SSSR count). The van der Waals surface area contributed by atoms with E-state index in [1.807, 2.05) is 0 Å². The maximum absolute atomic E-state index is 12.1. The van der Waals surface area contributed by atoms with Crippen molar-refractivity contribution in [3.8, 4) is 0 Å². The van der Waals surface area contributed by atoms with Gasteiger partial charge in [0.05, 0.1) is 0 Å². The Morgan fingerprint density at radius 2 is 2.16 bits per heavy atom. The van der Waals surface area contributed by atoms with Crippen LogP contribution in [0.4, 0.5) is 10.6 Å². The van der Waals surface area contributed by atoms with Gasteiger partial charge in [0, 0.05) is 18.2 Å². The summed E-state index contributed by atoms with van der Waals surface area (Å²) in [5, 5.41) is 9.21. The summed E-state index contributed by atoms with van der Waals surface area (Å²) in [6, 6.07) is -0.999. The first kappa shape index (κ1) is 13.3. The molecule has 0 bridgehead atoms. The molecule has 19 heavy (non-hydrogen) atoms. The van der Waals surface area contributed by atoms with E-state index in [-0.39, 0.29) is 6.42 Å².